The highest BCUT2D eigenvalue weighted by Crippen LogP contribution is 2.22. The van der Waals surface area contributed by atoms with Crippen LogP contribution in [0.5, 0.6) is 0 Å². The largest absolute Gasteiger partial charge is 0.448 e. The number of oxazole rings is 1. The summed E-state index contributed by atoms with van der Waals surface area (Å²) in [6.07, 6.45) is -0.456. The van der Waals surface area contributed by atoms with Crippen molar-refractivity contribution in [1.29, 1.82) is 0 Å². The lowest BCUT2D eigenvalue weighted by Gasteiger charge is -2.13. The number of aromatic nitrogens is 1. The SMILES string of the molecule is Cc1oc(-c2ccccc2)nc1C(=O)O[C@H](C)C(=O)NCCc1ccc(F)cc1. The number of rotatable bonds is 7. The molecule has 29 heavy (non-hydrogen) atoms. The summed E-state index contributed by atoms with van der Waals surface area (Å²) in [5, 5.41) is 2.69. The van der Waals surface area contributed by atoms with Crippen molar-refractivity contribution in [2.24, 2.45) is 0 Å². The number of carbonyl (C=O) groups excluding carboxylic acids is 2. The highest BCUT2D eigenvalue weighted by molar-refractivity contribution is 5.91. The minimum Gasteiger partial charge on any atom is -0.448 e. The summed E-state index contributed by atoms with van der Waals surface area (Å²) < 4.78 is 23.7. The van der Waals surface area contributed by atoms with Gasteiger partial charge in [-0.2, -0.15) is 0 Å². The molecule has 0 aliphatic rings. The van der Waals surface area contributed by atoms with Crippen LogP contribution in [0.15, 0.2) is 59.0 Å². The number of esters is 1. The Balaban J connectivity index is 1.53. The number of ether oxygens (including phenoxy) is 1. The van der Waals surface area contributed by atoms with E-state index in [9.17, 15) is 14.0 Å². The second kappa shape index (κ2) is 9.14. The van der Waals surface area contributed by atoms with Crippen LogP contribution < -0.4 is 5.32 Å². The molecule has 0 aliphatic heterocycles. The third-order valence-electron chi connectivity index (χ3n) is 4.29. The Morgan fingerprint density at radius 1 is 1.14 bits per heavy atom. The Bertz CT molecular complexity index is 984. The van der Waals surface area contributed by atoms with E-state index >= 15 is 0 Å². The van der Waals surface area contributed by atoms with E-state index in [1.807, 2.05) is 30.3 Å². The van der Waals surface area contributed by atoms with Crippen molar-refractivity contribution in [3.63, 3.8) is 0 Å². The first-order valence-corrected chi connectivity index (χ1v) is 9.20. The van der Waals surface area contributed by atoms with Crippen LogP contribution in [0.2, 0.25) is 0 Å². The fourth-order valence-corrected chi connectivity index (χ4v) is 2.68. The molecule has 3 aromatic rings. The Labute approximate surface area is 167 Å². The topological polar surface area (TPSA) is 81.4 Å². The van der Waals surface area contributed by atoms with Gasteiger partial charge in [0.05, 0.1) is 0 Å². The van der Waals surface area contributed by atoms with Crippen LogP contribution in [0, 0.1) is 12.7 Å². The Hall–Kier alpha value is -3.48. The Kier molecular flexibility index (Phi) is 6.39. The molecule has 1 aromatic heterocycles. The smallest absolute Gasteiger partial charge is 0.361 e. The molecule has 2 aromatic carbocycles. The number of aryl methyl sites for hydroxylation is 1. The lowest BCUT2D eigenvalue weighted by Crippen LogP contribution is -2.37. The fraction of sp³-hybridized carbons (Fsp3) is 0.227. The van der Waals surface area contributed by atoms with Gasteiger partial charge in [-0.3, -0.25) is 4.79 Å². The molecule has 0 unspecified atom stereocenters. The molecule has 0 saturated heterocycles. The summed E-state index contributed by atoms with van der Waals surface area (Å²) >= 11 is 0. The maximum Gasteiger partial charge on any atom is 0.361 e. The van der Waals surface area contributed by atoms with Gasteiger partial charge in [0.2, 0.25) is 5.89 Å². The normalized spacial score (nSPS) is 11.7. The van der Waals surface area contributed by atoms with Crippen LogP contribution in [-0.2, 0) is 16.0 Å². The van der Waals surface area contributed by atoms with E-state index in [-0.39, 0.29) is 11.5 Å². The summed E-state index contributed by atoms with van der Waals surface area (Å²) in [6, 6.07) is 15.2. The van der Waals surface area contributed by atoms with Crippen molar-refractivity contribution in [3.05, 3.63) is 77.4 Å². The zero-order chi connectivity index (χ0) is 20.8. The molecule has 0 radical (unpaired) electrons. The van der Waals surface area contributed by atoms with Gasteiger partial charge in [-0.1, -0.05) is 30.3 Å². The highest BCUT2D eigenvalue weighted by atomic mass is 19.1. The van der Waals surface area contributed by atoms with E-state index in [1.165, 1.54) is 19.1 Å². The monoisotopic (exact) mass is 396 g/mol. The van der Waals surface area contributed by atoms with E-state index < -0.39 is 18.0 Å². The summed E-state index contributed by atoms with van der Waals surface area (Å²) in [4.78, 5) is 28.8. The van der Waals surface area contributed by atoms with Crippen LogP contribution >= 0.6 is 0 Å². The first-order chi connectivity index (χ1) is 13.9. The van der Waals surface area contributed by atoms with E-state index in [4.69, 9.17) is 9.15 Å². The molecular formula is C22H21FN2O4. The molecule has 0 aliphatic carbocycles. The predicted molar refractivity (Wildman–Crippen MR) is 105 cm³/mol. The third kappa shape index (κ3) is 5.28. The van der Waals surface area contributed by atoms with Gasteiger partial charge in [0, 0.05) is 12.1 Å². The number of nitrogens with one attached hydrogen (secondary N) is 1. The highest BCUT2D eigenvalue weighted by Gasteiger charge is 2.24. The number of hydrogen-bond acceptors (Lipinski definition) is 5. The zero-order valence-corrected chi connectivity index (χ0v) is 16.1. The number of carbonyl (C=O) groups is 2. The molecule has 1 heterocycles. The van der Waals surface area contributed by atoms with Crippen molar-refractivity contribution in [2.75, 3.05) is 6.54 Å². The molecule has 7 heteroatoms. The van der Waals surface area contributed by atoms with E-state index in [2.05, 4.69) is 10.3 Å². The van der Waals surface area contributed by atoms with Crippen LogP contribution in [0.4, 0.5) is 4.39 Å². The molecular weight excluding hydrogens is 375 g/mol. The molecule has 1 amide bonds. The number of halogens is 1. The first-order valence-electron chi connectivity index (χ1n) is 9.20. The minimum absolute atomic E-state index is 0.0369. The fourth-order valence-electron chi connectivity index (χ4n) is 2.68. The molecule has 0 bridgehead atoms. The Morgan fingerprint density at radius 2 is 1.83 bits per heavy atom. The number of hydrogen-bond donors (Lipinski definition) is 1. The lowest BCUT2D eigenvalue weighted by molar-refractivity contribution is -0.129. The van der Waals surface area contributed by atoms with Gasteiger partial charge in [0.1, 0.15) is 11.6 Å². The molecule has 1 N–H and O–H groups in total. The van der Waals surface area contributed by atoms with Crippen LogP contribution in [-0.4, -0.2) is 29.5 Å². The van der Waals surface area contributed by atoms with Crippen molar-refractivity contribution in [3.8, 4) is 11.5 Å². The van der Waals surface area contributed by atoms with Gasteiger partial charge in [0.15, 0.2) is 11.8 Å². The van der Waals surface area contributed by atoms with Crippen molar-refractivity contribution in [2.45, 2.75) is 26.4 Å². The predicted octanol–water partition coefficient (Wildman–Crippen LogP) is 3.69. The summed E-state index contributed by atoms with van der Waals surface area (Å²) in [7, 11) is 0. The van der Waals surface area contributed by atoms with Crippen LogP contribution in [0.3, 0.4) is 0 Å². The van der Waals surface area contributed by atoms with E-state index in [0.717, 1.165) is 11.1 Å². The summed E-state index contributed by atoms with van der Waals surface area (Å²) in [6.45, 7) is 3.44. The number of nitrogens with zero attached hydrogens (tertiary/aromatic N) is 1. The van der Waals surface area contributed by atoms with Gasteiger partial charge in [0.25, 0.3) is 5.91 Å². The minimum atomic E-state index is -0.994. The second-order valence-corrected chi connectivity index (χ2v) is 6.50. The molecule has 3 rings (SSSR count). The van der Waals surface area contributed by atoms with Gasteiger partial charge in [-0.05, 0) is 50.1 Å². The Morgan fingerprint density at radius 3 is 2.52 bits per heavy atom. The van der Waals surface area contributed by atoms with Crippen LogP contribution in [0.1, 0.15) is 28.7 Å². The second-order valence-electron chi connectivity index (χ2n) is 6.50. The third-order valence-corrected chi connectivity index (χ3v) is 4.29. The number of amides is 1. The average molecular weight is 396 g/mol. The van der Waals surface area contributed by atoms with Crippen LogP contribution in [0.25, 0.3) is 11.5 Å². The zero-order valence-electron chi connectivity index (χ0n) is 16.1. The summed E-state index contributed by atoms with van der Waals surface area (Å²) in [5.74, 6) is -0.833. The van der Waals surface area contributed by atoms with Gasteiger partial charge >= 0.3 is 5.97 Å². The standard InChI is InChI=1S/C22H21FN2O4/c1-14-19(25-21(28-14)17-6-4-3-5-7-17)22(27)29-15(2)20(26)24-13-12-16-8-10-18(23)11-9-16/h3-11,15H,12-13H2,1-2H3,(H,24,26)/t15-/m1/s1. The number of benzene rings is 2. The average Bonchev–Trinajstić information content (AvgIpc) is 3.12. The van der Waals surface area contributed by atoms with Crippen molar-refractivity contribution in [1.82, 2.24) is 10.3 Å². The first kappa shape index (κ1) is 20.3. The van der Waals surface area contributed by atoms with Gasteiger partial charge < -0.3 is 14.5 Å². The summed E-state index contributed by atoms with van der Waals surface area (Å²) in [5.41, 5.74) is 1.67. The van der Waals surface area contributed by atoms with Crippen molar-refractivity contribution >= 4 is 11.9 Å². The molecule has 0 spiro atoms. The molecule has 1 atom stereocenters. The van der Waals surface area contributed by atoms with E-state index in [0.29, 0.717) is 24.6 Å². The van der Waals surface area contributed by atoms with Gasteiger partial charge in [-0.25, -0.2) is 14.2 Å². The van der Waals surface area contributed by atoms with E-state index in [1.54, 1.807) is 19.1 Å². The molecule has 0 fully saturated rings. The molecule has 0 saturated carbocycles. The molecule has 6 nitrogen and oxygen atoms in total. The quantitative estimate of drug-likeness (QED) is 0.616. The maximum absolute atomic E-state index is 12.9. The lowest BCUT2D eigenvalue weighted by atomic mass is 10.1. The van der Waals surface area contributed by atoms with Crippen molar-refractivity contribution < 1.29 is 23.1 Å². The van der Waals surface area contributed by atoms with Gasteiger partial charge in [-0.15, -0.1) is 0 Å². The maximum atomic E-state index is 12.9. The molecule has 150 valence electrons.